The van der Waals surface area contributed by atoms with Gasteiger partial charge in [-0.2, -0.15) is 4.31 Å². The van der Waals surface area contributed by atoms with E-state index in [1.807, 2.05) is 65.0 Å². The highest BCUT2D eigenvalue weighted by Gasteiger charge is 2.37. The smallest absolute Gasteiger partial charge is 0.252 e. The average Bonchev–Trinajstić information content (AvgIpc) is 3.37. The molecule has 0 aliphatic carbocycles. The summed E-state index contributed by atoms with van der Waals surface area (Å²) in [5, 5.41) is 13.1. The van der Waals surface area contributed by atoms with Gasteiger partial charge in [0.15, 0.2) is 0 Å². The molecular formula is C32H48N4O6S. The summed E-state index contributed by atoms with van der Waals surface area (Å²) in [7, 11) is -0.519. The SMILES string of the molecule is CC(C)CN(C[C@@H](O)[C@H](Cc1ccccc1)N(NC(=O)CN(C)C)C(=O)CC(C)(C)C)S(=O)(=O)c1ccc2c(c1)CCO2. The number of nitrogens with zero attached hydrogens (tertiary/aromatic N) is 3. The van der Waals surface area contributed by atoms with Crippen LogP contribution in [-0.2, 0) is 32.5 Å². The highest BCUT2D eigenvalue weighted by molar-refractivity contribution is 7.89. The Bertz CT molecular complexity index is 1340. The van der Waals surface area contributed by atoms with Crippen LogP contribution in [0.1, 0.15) is 52.2 Å². The molecule has 2 aromatic rings. The van der Waals surface area contributed by atoms with E-state index in [0.29, 0.717) is 18.8 Å². The van der Waals surface area contributed by atoms with Crippen LogP contribution in [0.5, 0.6) is 5.75 Å². The molecule has 1 heterocycles. The maximum absolute atomic E-state index is 14.0. The number of amides is 2. The highest BCUT2D eigenvalue weighted by atomic mass is 32.2. The zero-order valence-corrected chi connectivity index (χ0v) is 27.4. The Morgan fingerprint density at radius 1 is 1.05 bits per heavy atom. The maximum atomic E-state index is 14.0. The van der Waals surface area contributed by atoms with Gasteiger partial charge in [0.05, 0.1) is 30.2 Å². The first-order valence-electron chi connectivity index (χ1n) is 14.8. The van der Waals surface area contributed by atoms with Gasteiger partial charge in [-0.25, -0.2) is 13.4 Å². The van der Waals surface area contributed by atoms with Crippen molar-refractivity contribution < 1.29 is 27.9 Å². The summed E-state index contributed by atoms with van der Waals surface area (Å²) in [6, 6.07) is 13.2. The van der Waals surface area contributed by atoms with E-state index < -0.39 is 33.5 Å². The predicted octanol–water partition coefficient (Wildman–Crippen LogP) is 3.10. The number of aliphatic hydroxyl groups is 1. The number of sulfonamides is 1. The van der Waals surface area contributed by atoms with Crippen LogP contribution >= 0.6 is 0 Å². The van der Waals surface area contributed by atoms with Crippen molar-refractivity contribution in [1.82, 2.24) is 19.6 Å². The van der Waals surface area contributed by atoms with Crippen LogP contribution in [0.2, 0.25) is 0 Å². The number of aliphatic hydroxyl groups excluding tert-OH is 1. The Kier molecular flexibility index (Phi) is 11.8. The standard InChI is InChI=1S/C32H48N4O6S/c1-23(2)20-35(43(40,41)26-13-14-29-25(18-26)15-16-42-29)21-28(37)27(17-24-11-9-8-10-12-24)36(31(39)19-32(3,4)5)33-30(38)22-34(6)7/h8-14,18,23,27-28,37H,15-17,19-22H2,1-7H3,(H,33,38)/t27-,28+/m0/s1. The fourth-order valence-electron chi connectivity index (χ4n) is 5.06. The molecule has 43 heavy (non-hydrogen) atoms. The molecule has 0 aromatic heterocycles. The number of likely N-dealkylation sites (N-methyl/N-ethyl adjacent to an activating group) is 1. The molecule has 2 N–H and O–H groups in total. The molecule has 0 unspecified atom stereocenters. The lowest BCUT2D eigenvalue weighted by atomic mass is 9.91. The van der Waals surface area contributed by atoms with Gasteiger partial charge in [-0.15, -0.1) is 0 Å². The molecule has 0 radical (unpaired) electrons. The van der Waals surface area contributed by atoms with Crippen LogP contribution in [0.3, 0.4) is 0 Å². The zero-order chi connectivity index (χ0) is 31.9. The molecular weight excluding hydrogens is 568 g/mol. The van der Waals surface area contributed by atoms with Crippen LogP contribution < -0.4 is 10.2 Å². The Labute approximate surface area is 257 Å². The molecule has 0 saturated heterocycles. The van der Waals surface area contributed by atoms with E-state index >= 15 is 0 Å². The molecule has 2 amide bonds. The van der Waals surface area contributed by atoms with Crippen LogP contribution in [-0.4, -0.2) is 92.0 Å². The lowest BCUT2D eigenvalue weighted by molar-refractivity contribution is -0.149. The van der Waals surface area contributed by atoms with Crippen LogP contribution in [0, 0.1) is 11.3 Å². The van der Waals surface area contributed by atoms with Crippen LogP contribution in [0.15, 0.2) is 53.4 Å². The van der Waals surface area contributed by atoms with Crippen LogP contribution in [0.25, 0.3) is 0 Å². The Morgan fingerprint density at radius 2 is 1.72 bits per heavy atom. The second-order valence-corrected chi connectivity index (χ2v) is 15.1. The minimum absolute atomic E-state index is 0.0311. The van der Waals surface area contributed by atoms with Gasteiger partial charge in [-0.05, 0) is 61.2 Å². The molecule has 0 fully saturated rings. The topological polar surface area (TPSA) is 119 Å². The summed E-state index contributed by atoms with van der Waals surface area (Å²) in [6.07, 6.45) is -0.387. The van der Waals surface area contributed by atoms with Gasteiger partial charge < -0.3 is 14.7 Å². The van der Waals surface area contributed by atoms with E-state index in [0.717, 1.165) is 11.1 Å². The van der Waals surface area contributed by atoms with Crippen molar-refractivity contribution in [3.8, 4) is 5.75 Å². The van der Waals surface area contributed by atoms with Crippen molar-refractivity contribution in [3.63, 3.8) is 0 Å². The number of hydrogen-bond acceptors (Lipinski definition) is 7. The molecule has 238 valence electrons. The third-order valence-corrected chi connectivity index (χ3v) is 8.80. The predicted molar refractivity (Wildman–Crippen MR) is 167 cm³/mol. The normalized spacial score (nSPS) is 14.9. The van der Waals surface area contributed by atoms with E-state index in [1.54, 1.807) is 31.1 Å². The van der Waals surface area contributed by atoms with Gasteiger partial charge in [0.25, 0.3) is 5.91 Å². The summed E-state index contributed by atoms with van der Waals surface area (Å²) in [6.45, 7) is 10.0. The molecule has 0 spiro atoms. The van der Waals surface area contributed by atoms with Crippen molar-refractivity contribution in [2.24, 2.45) is 11.3 Å². The van der Waals surface area contributed by atoms with Gasteiger partial charge in [-0.1, -0.05) is 65.0 Å². The van der Waals surface area contributed by atoms with Crippen molar-refractivity contribution >= 4 is 21.8 Å². The molecule has 1 aliphatic rings. The minimum atomic E-state index is -4.01. The minimum Gasteiger partial charge on any atom is -0.493 e. The van der Waals surface area contributed by atoms with Crippen molar-refractivity contribution in [3.05, 3.63) is 59.7 Å². The van der Waals surface area contributed by atoms with Crippen molar-refractivity contribution in [2.45, 2.75) is 70.9 Å². The third-order valence-electron chi connectivity index (χ3n) is 6.98. The summed E-state index contributed by atoms with van der Waals surface area (Å²) in [5.41, 5.74) is 4.01. The lowest BCUT2D eigenvalue weighted by Crippen LogP contribution is -2.60. The third kappa shape index (κ3) is 10.0. The quantitative estimate of drug-likeness (QED) is 0.332. The second kappa shape index (κ2) is 14.7. The average molecular weight is 617 g/mol. The molecule has 10 nitrogen and oxygen atoms in total. The Balaban J connectivity index is 2.02. The number of ether oxygens (including phenoxy) is 1. The van der Waals surface area contributed by atoms with Gasteiger partial charge in [0.2, 0.25) is 15.9 Å². The zero-order valence-electron chi connectivity index (χ0n) is 26.5. The molecule has 3 rings (SSSR count). The Hall–Kier alpha value is -2.99. The first kappa shape index (κ1) is 34.5. The van der Waals surface area contributed by atoms with Gasteiger partial charge in [0.1, 0.15) is 5.75 Å². The number of nitrogens with one attached hydrogen (secondary N) is 1. The number of hydrazine groups is 1. The second-order valence-electron chi connectivity index (χ2n) is 13.2. The number of benzene rings is 2. The van der Waals surface area contributed by atoms with Gasteiger partial charge >= 0.3 is 0 Å². The molecule has 0 saturated carbocycles. The fraction of sp³-hybridized carbons (Fsp3) is 0.562. The van der Waals surface area contributed by atoms with E-state index in [1.165, 1.54) is 15.4 Å². The molecule has 11 heteroatoms. The molecule has 1 aliphatic heterocycles. The molecule has 2 aromatic carbocycles. The number of rotatable bonds is 13. The van der Waals surface area contributed by atoms with E-state index in [4.69, 9.17) is 4.74 Å². The molecule has 0 bridgehead atoms. The summed E-state index contributed by atoms with van der Waals surface area (Å²) in [5.74, 6) is -0.134. The number of hydrogen-bond donors (Lipinski definition) is 2. The maximum Gasteiger partial charge on any atom is 0.252 e. The number of carbonyl (C=O) groups is 2. The van der Waals surface area contributed by atoms with Gasteiger partial charge in [0, 0.05) is 25.9 Å². The monoisotopic (exact) mass is 616 g/mol. The first-order valence-corrected chi connectivity index (χ1v) is 16.2. The highest BCUT2D eigenvalue weighted by Crippen LogP contribution is 2.30. The fourth-order valence-corrected chi connectivity index (χ4v) is 6.73. The van der Waals surface area contributed by atoms with Crippen molar-refractivity contribution in [1.29, 1.82) is 0 Å². The van der Waals surface area contributed by atoms with E-state index in [9.17, 15) is 23.1 Å². The Morgan fingerprint density at radius 3 is 2.33 bits per heavy atom. The summed E-state index contributed by atoms with van der Waals surface area (Å²) in [4.78, 5) is 28.5. The summed E-state index contributed by atoms with van der Waals surface area (Å²) >= 11 is 0. The molecule has 2 atom stereocenters. The number of carbonyl (C=O) groups excluding carboxylic acids is 2. The van der Waals surface area contributed by atoms with Crippen LogP contribution in [0.4, 0.5) is 0 Å². The van der Waals surface area contributed by atoms with Gasteiger partial charge in [-0.3, -0.25) is 15.0 Å². The largest absolute Gasteiger partial charge is 0.493 e. The first-order chi connectivity index (χ1) is 20.1. The van der Waals surface area contributed by atoms with Crippen molar-refractivity contribution in [2.75, 3.05) is 40.3 Å². The van der Waals surface area contributed by atoms with E-state index in [2.05, 4.69) is 5.43 Å². The summed E-state index contributed by atoms with van der Waals surface area (Å²) < 4.78 is 34.8. The van der Waals surface area contributed by atoms with E-state index in [-0.39, 0.29) is 49.2 Å². The number of fused-ring (bicyclic) bond motifs is 1. The lowest BCUT2D eigenvalue weighted by Gasteiger charge is -2.38.